The zero-order valence-corrected chi connectivity index (χ0v) is 11.6. The summed E-state index contributed by atoms with van der Waals surface area (Å²) in [4.78, 5) is 11.4. The molecule has 1 aliphatic carbocycles. The van der Waals surface area contributed by atoms with E-state index in [0.717, 1.165) is 31.2 Å². The highest BCUT2D eigenvalue weighted by atomic mass is 16.4. The quantitative estimate of drug-likeness (QED) is 0.843. The molecule has 0 fully saturated rings. The van der Waals surface area contributed by atoms with Crippen molar-refractivity contribution in [1.29, 1.82) is 0 Å². The first-order valence-electron chi connectivity index (χ1n) is 7.13. The van der Waals surface area contributed by atoms with Gasteiger partial charge in [-0.1, -0.05) is 30.4 Å². The number of hydrogen-bond acceptors (Lipinski definition) is 4. The molecule has 0 aliphatic heterocycles. The van der Waals surface area contributed by atoms with Crippen LogP contribution in [0.15, 0.2) is 36.4 Å². The molecule has 1 atom stereocenters. The molecule has 1 unspecified atom stereocenters. The number of aromatic nitrogens is 2. The number of aromatic carboxylic acids is 1. The van der Waals surface area contributed by atoms with Gasteiger partial charge < -0.3 is 10.4 Å². The molecule has 1 aromatic carbocycles. The van der Waals surface area contributed by atoms with Crippen LogP contribution < -0.4 is 5.32 Å². The predicted molar refractivity (Wildman–Crippen MR) is 81.5 cm³/mol. The van der Waals surface area contributed by atoms with Crippen molar-refractivity contribution in [3.63, 3.8) is 0 Å². The number of hydrogen-bond donors (Lipinski definition) is 2. The van der Waals surface area contributed by atoms with Gasteiger partial charge in [0.2, 0.25) is 0 Å². The summed E-state index contributed by atoms with van der Waals surface area (Å²) in [6.45, 7) is 0.750. The van der Waals surface area contributed by atoms with E-state index in [0.29, 0.717) is 17.1 Å². The molecule has 1 heterocycles. The van der Waals surface area contributed by atoms with Gasteiger partial charge in [-0.3, -0.25) is 0 Å². The molecule has 0 saturated heterocycles. The molecule has 0 amide bonds. The Morgan fingerprint density at radius 1 is 1.29 bits per heavy atom. The number of rotatable bonds is 4. The first-order valence-corrected chi connectivity index (χ1v) is 7.13. The number of carboxylic acid groups (broad SMARTS) is 1. The summed E-state index contributed by atoms with van der Waals surface area (Å²) in [6, 6.07) is 7.46. The molecule has 1 aliphatic rings. The normalized spacial score (nSPS) is 17.8. The fraction of sp³-hybridized carbons (Fsp3) is 0.312. The Morgan fingerprint density at radius 2 is 2.14 bits per heavy atom. The van der Waals surface area contributed by atoms with E-state index < -0.39 is 5.97 Å². The monoisotopic (exact) mass is 283 g/mol. The lowest BCUT2D eigenvalue weighted by Crippen LogP contribution is -2.18. The van der Waals surface area contributed by atoms with Gasteiger partial charge in [0, 0.05) is 11.9 Å². The van der Waals surface area contributed by atoms with Crippen molar-refractivity contribution in [1.82, 2.24) is 10.2 Å². The first kappa shape index (κ1) is 13.5. The summed E-state index contributed by atoms with van der Waals surface area (Å²) < 4.78 is 0. The van der Waals surface area contributed by atoms with Crippen molar-refractivity contribution in [3.8, 4) is 0 Å². The van der Waals surface area contributed by atoms with Crippen LogP contribution in [0, 0.1) is 5.92 Å². The standard InChI is InChI=1S/C16H17N3O2/c20-16(21)15-14(17-10-11-6-2-1-3-7-11)12-8-4-5-9-13(12)18-19-15/h1-2,4-5,8-9,11H,3,6-7,10H2,(H,17,18)(H,20,21). The Bertz CT molecular complexity index is 697. The largest absolute Gasteiger partial charge is 0.476 e. The Kier molecular flexibility index (Phi) is 3.81. The Balaban J connectivity index is 1.92. The van der Waals surface area contributed by atoms with Crippen LogP contribution in [-0.2, 0) is 0 Å². The number of benzene rings is 1. The van der Waals surface area contributed by atoms with Gasteiger partial charge in [-0.15, -0.1) is 10.2 Å². The molecule has 5 heteroatoms. The summed E-state index contributed by atoms with van der Waals surface area (Å²) >= 11 is 0. The van der Waals surface area contributed by atoms with Gasteiger partial charge in [0.05, 0.1) is 11.2 Å². The van der Waals surface area contributed by atoms with Gasteiger partial charge in [-0.25, -0.2) is 4.79 Å². The molecule has 1 aromatic heterocycles. The van der Waals surface area contributed by atoms with Crippen LogP contribution in [-0.4, -0.2) is 27.8 Å². The minimum absolute atomic E-state index is 0.0138. The van der Waals surface area contributed by atoms with Crippen molar-refractivity contribution in [2.45, 2.75) is 19.3 Å². The Labute approximate surface area is 122 Å². The highest BCUT2D eigenvalue weighted by Crippen LogP contribution is 2.26. The predicted octanol–water partition coefficient (Wildman–Crippen LogP) is 3.10. The minimum atomic E-state index is -1.06. The lowest BCUT2D eigenvalue weighted by atomic mass is 9.94. The molecular formula is C16H17N3O2. The zero-order chi connectivity index (χ0) is 14.7. The number of anilines is 1. The second-order valence-electron chi connectivity index (χ2n) is 5.28. The van der Waals surface area contributed by atoms with Crippen LogP contribution in [0.25, 0.3) is 10.9 Å². The van der Waals surface area contributed by atoms with E-state index in [2.05, 4.69) is 27.7 Å². The number of nitrogens with zero attached hydrogens (tertiary/aromatic N) is 2. The smallest absolute Gasteiger partial charge is 0.358 e. The SMILES string of the molecule is O=C(O)c1nnc2ccccc2c1NCC1CC=CCC1. The lowest BCUT2D eigenvalue weighted by Gasteiger charge is -2.20. The van der Waals surface area contributed by atoms with Gasteiger partial charge in [-0.05, 0) is 31.2 Å². The molecule has 0 spiro atoms. The van der Waals surface area contributed by atoms with E-state index in [4.69, 9.17) is 0 Å². The molecule has 3 rings (SSSR count). The number of fused-ring (bicyclic) bond motifs is 1. The van der Waals surface area contributed by atoms with Crippen molar-refractivity contribution in [2.75, 3.05) is 11.9 Å². The molecule has 0 bridgehead atoms. The highest BCUT2D eigenvalue weighted by Gasteiger charge is 2.18. The van der Waals surface area contributed by atoms with Crippen molar-refractivity contribution in [2.24, 2.45) is 5.92 Å². The molecule has 5 nitrogen and oxygen atoms in total. The van der Waals surface area contributed by atoms with Crippen molar-refractivity contribution >= 4 is 22.6 Å². The molecular weight excluding hydrogens is 266 g/mol. The third kappa shape index (κ3) is 2.86. The van der Waals surface area contributed by atoms with Crippen LogP contribution in [0.5, 0.6) is 0 Å². The minimum Gasteiger partial charge on any atom is -0.476 e. The van der Waals surface area contributed by atoms with E-state index in [1.165, 1.54) is 0 Å². The fourth-order valence-electron chi connectivity index (χ4n) is 2.67. The third-order valence-electron chi connectivity index (χ3n) is 3.82. The van der Waals surface area contributed by atoms with Crippen LogP contribution in [0.1, 0.15) is 29.8 Å². The topological polar surface area (TPSA) is 75.1 Å². The van der Waals surface area contributed by atoms with E-state index in [1.807, 2.05) is 24.3 Å². The van der Waals surface area contributed by atoms with Gasteiger partial charge in [0.25, 0.3) is 0 Å². The van der Waals surface area contributed by atoms with Crippen LogP contribution in [0.2, 0.25) is 0 Å². The van der Waals surface area contributed by atoms with Gasteiger partial charge in [0.1, 0.15) is 0 Å². The second-order valence-corrected chi connectivity index (χ2v) is 5.28. The summed E-state index contributed by atoms with van der Waals surface area (Å²) in [5.41, 5.74) is 1.26. The summed E-state index contributed by atoms with van der Waals surface area (Å²) in [5, 5.41) is 21.2. The molecule has 2 N–H and O–H groups in total. The van der Waals surface area contributed by atoms with E-state index in [1.54, 1.807) is 0 Å². The van der Waals surface area contributed by atoms with Crippen molar-refractivity contribution < 1.29 is 9.90 Å². The molecule has 2 aromatic rings. The molecule has 0 saturated carbocycles. The number of carboxylic acids is 1. The second kappa shape index (κ2) is 5.91. The number of carbonyl (C=O) groups is 1. The maximum absolute atomic E-state index is 11.4. The van der Waals surface area contributed by atoms with Gasteiger partial charge in [0.15, 0.2) is 5.69 Å². The van der Waals surface area contributed by atoms with Crippen molar-refractivity contribution in [3.05, 3.63) is 42.1 Å². The number of allylic oxidation sites excluding steroid dienone is 2. The Morgan fingerprint density at radius 3 is 2.90 bits per heavy atom. The third-order valence-corrected chi connectivity index (χ3v) is 3.82. The first-order chi connectivity index (χ1) is 10.3. The van der Waals surface area contributed by atoms with Crippen LogP contribution >= 0.6 is 0 Å². The van der Waals surface area contributed by atoms with Gasteiger partial charge in [-0.2, -0.15) is 0 Å². The average molecular weight is 283 g/mol. The maximum atomic E-state index is 11.4. The number of nitrogens with one attached hydrogen (secondary N) is 1. The zero-order valence-electron chi connectivity index (χ0n) is 11.6. The van der Waals surface area contributed by atoms with E-state index in [-0.39, 0.29) is 5.69 Å². The average Bonchev–Trinajstić information content (AvgIpc) is 2.53. The van der Waals surface area contributed by atoms with Crippen LogP contribution in [0.3, 0.4) is 0 Å². The maximum Gasteiger partial charge on any atom is 0.358 e. The molecule has 108 valence electrons. The summed E-state index contributed by atoms with van der Waals surface area (Å²) in [5.74, 6) is -0.525. The summed E-state index contributed by atoms with van der Waals surface area (Å²) in [6.07, 6.45) is 7.64. The Hall–Kier alpha value is -2.43. The van der Waals surface area contributed by atoms with Crippen LogP contribution in [0.4, 0.5) is 5.69 Å². The summed E-state index contributed by atoms with van der Waals surface area (Å²) in [7, 11) is 0. The van der Waals surface area contributed by atoms with E-state index in [9.17, 15) is 9.90 Å². The lowest BCUT2D eigenvalue weighted by molar-refractivity contribution is 0.0690. The molecule has 0 radical (unpaired) electrons. The highest BCUT2D eigenvalue weighted by molar-refractivity contribution is 6.02. The van der Waals surface area contributed by atoms with E-state index >= 15 is 0 Å². The molecule has 21 heavy (non-hydrogen) atoms. The van der Waals surface area contributed by atoms with Gasteiger partial charge >= 0.3 is 5.97 Å². The fourth-order valence-corrected chi connectivity index (χ4v) is 2.67.